The molecule has 0 aliphatic heterocycles. The smallest absolute Gasteiger partial charge is 0.0607 e. The van der Waals surface area contributed by atoms with E-state index in [1.165, 1.54) is 19.3 Å². The Bertz CT molecular complexity index is 263. The quantitative estimate of drug-likeness (QED) is 0.675. The van der Waals surface area contributed by atoms with Gasteiger partial charge in [0.05, 0.1) is 19.3 Å². The third-order valence-corrected chi connectivity index (χ3v) is 5.67. The van der Waals surface area contributed by atoms with Crippen molar-refractivity contribution in [2.75, 3.05) is 13.2 Å². The van der Waals surface area contributed by atoms with E-state index in [4.69, 9.17) is 10.2 Å². The lowest BCUT2D eigenvalue weighted by molar-refractivity contribution is 0.0925. The Morgan fingerprint density at radius 2 is 1.88 bits per heavy atom. The summed E-state index contributed by atoms with van der Waals surface area (Å²) in [5, 5.41) is 21.7. The Morgan fingerprint density at radius 1 is 1.25 bits per heavy atom. The average Bonchev–Trinajstić information content (AvgIpc) is 2.58. The Labute approximate surface area is 98.2 Å². The van der Waals surface area contributed by atoms with Crippen LogP contribution >= 0.6 is 0 Å². The van der Waals surface area contributed by atoms with Crippen LogP contribution in [0.3, 0.4) is 0 Å². The standard InChI is InChI=1S/C13H25NO2/c1-12(2)9-4-5-13(12,3)11(6-9)14-10(7-15)8-16/h9-11,14-16H,4-8H2,1-3H3/t9-,11?,13+/m0/s1. The SMILES string of the molecule is CC1(C)[C@H]2CC[C@]1(C)C(NC(CO)CO)C2. The van der Waals surface area contributed by atoms with E-state index in [9.17, 15) is 0 Å². The van der Waals surface area contributed by atoms with Crippen molar-refractivity contribution in [1.29, 1.82) is 0 Å². The maximum absolute atomic E-state index is 9.15. The number of fused-ring (bicyclic) bond motifs is 2. The summed E-state index contributed by atoms with van der Waals surface area (Å²) in [7, 11) is 0. The molecule has 2 aliphatic rings. The largest absolute Gasteiger partial charge is 0.395 e. The maximum atomic E-state index is 9.15. The molecule has 0 aromatic heterocycles. The van der Waals surface area contributed by atoms with Crippen LogP contribution in [0.1, 0.15) is 40.0 Å². The van der Waals surface area contributed by atoms with E-state index in [0.717, 1.165) is 5.92 Å². The molecule has 2 aliphatic carbocycles. The van der Waals surface area contributed by atoms with E-state index in [2.05, 4.69) is 26.1 Å². The lowest BCUT2D eigenvalue weighted by Gasteiger charge is -2.40. The van der Waals surface area contributed by atoms with Crippen LogP contribution in [0.4, 0.5) is 0 Å². The molecule has 16 heavy (non-hydrogen) atoms. The molecular weight excluding hydrogens is 202 g/mol. The van der Waals surface area contributed by atoms with Gasteiger partial charge in [0, 0.05) is 6.04 Å². The molecule has 3 heteroatoms. The van der Waals surface area contributed by atoms with Gasteiger partial charge in [-0.2, -0.15) is 0 Å². The first kappa shape index (κ1) is 12.3. The minimum absolute atomic E-state index is 0.0220. The van der Waals surface area contributed by atoms with Gasteiger partial charge in [-0.3, -0.25) is 0 Å². The second kappa shape index (κ2) is 3.97. The van der Waals surface area contributed by atoms with Crippen molar-refractivity contribution in [2.24, 2.45) is 16.7 Å². The Hall–Kier alpha value is -0.120. The van der Waals surface area contributed by atoms with Crippen molar-refractivity contribution >= 4 is 0 Å². The molecule has 1 unspecified atom stereocenters. The van der Waals surface area contributed by atoms with E-state index < -0.39 is 0 Å². The van der Waals surface area contributed by atoms with Crippen LogP contribution in [0.15, 0.2) is 0 Å². The minimum atomic E-state index is -0.156. The highest BCUT2D eigenvalue weighted by molar-refractivity contribution is 5.13. The molecule has 94 valence electrons. The van der Waals surface area contributed by atoms with E-state index in [-0.39, 0.29) is 19.3 Å². The summed E-state index contributed by atoms with van der Waals surface area (Å²) >= 11 is 0. The predicted molar refractivity (Wildman–Crippen MR) is 64.1 cm³/mol. The number of hydrogen-bond acceptors (Lipinski definition) is 3. The highest BCUT2D eigenvalue weighted by Gasteiger charge is 2.61. The molecule has 0 saturated heterocycles. The third-order valence-electron chi connectivity index (χ3n) is 5.67. The van der Waals surface area contributed by atoms with Gasteiger partial charge in [-0.05, 0) is 36.0 Å². The van der Waals surface area contributed by atoms with Crippen molar-refractivity contribution < 1.29 is 10.2 Å². The molecule has 2 saturated carbocycles. The van der Waals surface area contributed by atoms with E-state index in [1.54, 1.807) is 0 Å². The van der Waals surface area contributed by atoms with Crippen LogP contribution in [0.2, 0.25) is 0 Å². The van der Waals surface area contributed by atoms with Crippen molar-refractivity contribution in [1.82, 2.24) is 5.32 Å². The fourth-order valence-electron chi connectivity index (χ4n) is 3.90. The van der Waals surface area contributed by atoms with Crippen LogP contribution in [0.5, 0.6) is 0 Å². The fourth-order valence-corrected chi connectivity index (χ4v) is 3.90. The Kier molecular flexibility index (Phi) is 3.06. The zero-order valence-electron chi connectivity index (χ0n) is 10.7. The van der Waals surface area contributed by atoms with Gasteiger partial charge in [0.2, 0.25) is 0 Å². The normalized spacial score (nSPS) is 40.9. The summed E-state index contributed by atoms with van der Waals surface area (Å²) in [5.74, 6) is 0.799. The lowest BCUT2D eigenvalue weighted by Crippen LogP contribution is -2.50. The Morgan fingerprint density at radius 3 is 2.25 bits per heavy atom. The molecule has 0 heterocycles. The molecule has 0 aromatic rings. The lowest BCUT2D eigenvalue weighted by atomic mass is 9.69. The molecule has 0 amide bonds. The van der Waals surface area contributed by atoms with Crippen molar-refractivity contribution in [3.63, 3.8) is 0 Å². The number of aliphatic hydroxyl groups excluding tert-OH is 2. The predicted octanol–water partition coefficient (Wildman–Crippen LogP) is 1.14. The number of rotatable bonds is 4. The second-order valence-electron chi connectivity index (χ2n) is 6.39. The summed E-state index contributed by atoms with van der Waals surface area (Å²) in [4.78, 5) is 0. The molecule has 3 atom stereocenters. The van der Waals surface area contributed by atoms with Gasteiger partial charge in [-0.1, -0.05) is 20.8 Å². The fraction of sp³-hybridized carbons (Fsp3) is 1.00. The minimum Gasteiger partial charge on any atom is -0.395 e. The first-order valence-electron chi connectivity index (χ1n) is 6.43. The van der Waals surface area contributed by atoms with Crippen LogP contribution < -0.4 is 5.32 Å². The van der Waals surface area contributed by atoms with Gasteiger partial charge >= 0.3 is 0 Å². The van der Waals surface area contributed by atoms with Crippen LogP contribution in [-0.4, -0.2) is 35.5 Å². The summed E-state index contributed by atoms with van der Waals surface area (Å²) in [6.45, 7) is 7.16. The summed E-state index contributed by atoms with van der Waals surface area (Å²) in [5.41, 5.74) is 0.709. The first-order chi connectivity index (χ1) is 7.45. The highest BCUT2D eigenvalue weighted by Crippen LogP contribution is 2.65. The molecule has 0 radical (unpaired) electrons. The molecule has 0 aromatic carbocycles. The number of aliphatic hydroxyl groups is 2. The third kappa shape index (κ3) is 1.52. The topological polar surface area (TPSA) is 52.5 Å². The molecule has 3 nitrogen and oxygen atoms in total. The number of nitrogens with one attached hydrogen (secondary N) is 1. The number of hydrogen-bond donors (Lipinski definition) is 3. The summed E-state index contributed by atoms with van der Waals surface area (Å²) < 4.78 is 0. The molecule has 2 rings (SSSR count). The van der Waals surface area contributed by atoms with E-state index in [1.807, 2.05) is 0 Å². The highest BCUT2D eigenvalue weighted by atomic mass is 16.3. The summed E-state index contributed by atoms with van der Waals surface area (Å²) in [6, 6.07) is 0.294. The molecule has 0 spiro atoms. The average molecular weight is 227 g/mol. The van der Waals surface area contributed by atoms with Gasteiger partial charge in [0.25, 0.3) is 0 Å². The molecule has 3 N–H and O–H groups in total. The summed E-state index contributed by atoms with van der Waals surface area (Å²) in [6.07, 6.45) is 3.80. The van der Waals surface area contributed by atoms with Gasteiger partial charge in [-0.15, -0.1) is 0 Å². The molecule has 2 bridgehead atoms. The van der Waals surface area contributed by atoms with Crippen LogP contribution in [0, 0.1) is 16.7 Å². The van der Waals surface area contributed by atoms with Crippen LogP contribution in [-0.2, 0) is 0 Å². The van der Waals surface area contributed by atoms with Gasteiger partial charge < -0.3 is 15.5 Å². The monoisotopic (exact) mass is 227 g/mol. The van der Waals surface area contributed by atoms with Crippen molar-refractivity contribution in [3.8, 4) is 0 Å². The van der Waals surface area contributed by atoms with Gasteiger partial charge in [0.15, 0.2) is 0 Å². The molecule has 2 fully saturated rings. The van der Waals surface area contributed by atoms with Crippen molar-refractivity contribution in [3.05, 3.63) is 0 Å². The van der Waals surface area contributed by atoms with Gasteiger partial charge in [0.1, 0.15) is 0 Å². The zero-order valence-corrected chi connectivity index (χ0v) is 10.7. The van der Waals surface area contributed by atoms with Crippen molar-refractivity contribution in [2.45, 2.75) is 52.1 Å². The second-order valence-corrected chi connectivity index (χ2v) is 6.39. The Balaban J connectivity index is 2.09. The molecular formula is C13H25NO2. The van der Waals surface area contributed by atoms with E-state index >= 15 is 0 Å². The maximum Gasteiger partial charge on any atom is 0.0607 e. The van der Waals surface area contributed by atoms with E-state index in [0.29, 0.717) is 16.9 Å². The van der Waals surface area contributed by atoms with Crippen LogP contribution in [0.25, 0.3) is 0 Å². The zero-order chi connectivity index (χ0) is 12.0. The first-order valence-corrected chi connectivity index (χ1v) is 6.43. The van der Waals surface area contributed by atoms with Gasteiger partial charge in [-0.25, -0.2) is 0 Å².